The van der Waals surface area contributed by atoms with Crippen LogP contribution in [-0.4, -0.2) is 23.6 Å². The van der Waals surface area contributed by atoms with Gasteiger partial charge in [-0.05, 0) is 27.7 Å². The van der Waals surface area contributed by atoms with Gasteiger partial charge in [-0.25, -0.2) is 13.4 Å². The minimum Gasteiger partial charge on any atom is -0.337 e. The summed E-state index contributed by atoms with van der Waals surface area (Å²) in [7, 11) is -1.97. The van der Waals surface area contributed by atoms with Gasteiger partial charge < -0.3 is 4.57 Å². The van der Waals surface area contributed by atoms with Crippen LogP contribution in [0.4, 0.5) is 0 Å². The molecule has 6 nitrogen and oxygen atoms in total. The summed E-state index contributed by atoms with van der Waals surface area (Å²) in [5, 5.41) is -0.0447. The van der Waals surface area contributed by atoms with Gasteiger partial charge in [0.15, 0.2) is 5.03 Å². The fraction of sp³-hybridized carbons (Fsp3) is 0.667. The molecule has 1 N–H and O–H groups in total. The Bertz CT molecular complexity index is 451. The van der Waals surface area contributed by atoms with Crippen molar-refractivity contribution >= 4 is 10.0 Å². The highest BCUT2D eigenvalue weighted by Gasteiger charge is 2.22. The first-order valence-electron chi connectivity index (χ1n) is 4.81. The molecule has 0 atom stereocenters. The van der Waals surface area contributed by atoms with E-state index >= 15 is 0 Å². The predicted molar refractivity (Wildman–Crippen MR) is 59.1 cm³/mol. The summed E-state index contributed by atoms with van der Waals surface area (Å²) in [6.07, 6.45) is 1.43. The first kappa shape index (κ1) is 13.1. The molecule has 1 heterocycles. The largest absolute Gasteiger partial charge is 0.337 e. The fourth-order valence-electron chi connectivity index (χ4n) is 0.878. The van der Waals surface area contributed by atoms with Crippen LogP contribution < -0.4 is 4.89 Å². The highest BCUT2D eigenvalue weighted by atomic mass is 32.2. The fourth-order valence-corrected chi connectivity index (χ4v) is 1.87. The van der Waals surface area contributed by atoms with Gasteiger partial charge in [-0.1, -0.05) is 4.89 Å². The Hall–Kier alpha value is -0.920. The molecule has 0 saturated heterocycles. The highest BCUT2D eigenvalue weighted by Crippen LogP contribution is 2.10. The maximum Gasteiger partial charge on any atom is 0.281 e. The molecular weight excluding hydrogens is 230 g/mol. The number of hydrogen-bond acceptors (Lipinski definition) is 4. The third-order valence-corrected chi connectivity index (χ3v) is 2.87. The topological polar surface area (TPSA) is 73.2 Å². The number of nitrogens with zero attached hydrogens (tertiary/aromatic N) is 2. The second-order valence-electron chi connectivity index (χ2n) is 4.54. The van der Waals surface area contributed by atoms with Gasteiger partial charge in [-0.3, -0.25) is 4.84 Å². The zero-order valence-corrected chi connectivity index (χ0v) is 10.9. The number of nitrogens with one attached hydrogen (secondary N) is 1. The van der Waals surface area contributed by atoms with Crippen LogP contribution >= 0.6 is 0 Å². The van der Waals surface area contributed by atoms with Crippen LogP contribution in [0.25, 0.3) is 0 Å². The number of aryl methyl sites for hydroxylation is 2. The van der Waals surface area contributed by atoms with E-state index in [0.29, 0.717) is 5.82 Å². The van der Waals surface area contributed by atoms with Crippen molar-refractivity contribution in [2.75, 3.05) is 0 Å². The van der Waals surface area contributed by atoms with E-state index in [0.717, 1.165) is 0 Å². The lowest BCUT2D eigenvalue weighted by molar-refractivity contribution is -0.0358. The van der Waals surface area contributed by atoms with Gasteiger partial charge >= 0.3 is 0 Å². The van der Waals surface area contributed by atoms with E-state index in [9.17, 15) is 8.42 Å². The summed E-state index contributed by atoms with van der Waals surface area (Å²) in [5.41, 5.74) is -0.586. The van der Waals surface area contributed by atoms with Gasteiger partial charge in [0.05, 0.1) is 5.60 Å². The lowest BCUT2D eigenvalue weighted by atomic mass is 10.2. The quantitative estimate of drug-likeness (QED) is 0.799. The van der Waals surface area contributed by atoms with E-state index in [1.165, 1.54) is 6.20 Å². The lowest BCUT2D eigenvalue weighted by Gasteiger charge is -2.18. The van der Waals surface area contributed by atoms with Gasteiger partial charge in [0.25, 0.3) is 10.0 Å². The summed E-state index contributed by atoms with van der Waals surface area (Å²) in [5.74, 6) is 0.621. The molecule has 0 aliphatic carbocycles. The van der Waals surface area contributed by atoms with Crippen molar-refractivity contribution in [2.45, 2.75) is 38.3 Å². The van der Waals surface area contributed by atoms with Crippen LogP contribution in [0, 0.1) is 6.92 Å². The molecule has 0 spiro atoms. The normalized spacial score (nSPS) is 13.1. The zero-order valence-electron chi connectivity index (χ0n) is 10.1. The van der Waals surface area contributed by atoms with Crippen molar-refractivity contribution in [3.63, 3.8) is 0 Å². The van der Waals surface area contributed by atoms with Gasteiger partial charge in [-0.2, -0.15) is 0 Å². The maximum atomic E-state index is 11.7. The number of sulfonamides is 1. The summed E-state index contributed by atoms with van der Waals surface area (Å²) in [6.45, 7) is 6.97. The lowest BCUT2D eigenvalue weighted by Crippen LogP contribution is -2.33. The van der Waals surface area contributed by atoms with Gasteiger partial charge in [0.2, 0.25) is 0 Å². The van der Waals surface area contributed by atoms with Crippen LogP contribution in [0.3, 0.4) is 0 Å². The average molecular weight is 247 g/mol. The molecule has 0 aliphatic heterocycles. The predicted octanol–water partition coefficient (Wildman–Crippen LogP) is 0.737. The molecule has 0 saturated carbocycles. The third-order valence-electron chi connectivity index (χ3n) is 1.82. The summed E-state index contributed by atoms with van der Waals surface area (Å²) < 4.78 is 25.1. The van der Waals surface area contributed by atoms with E-state index in [1.807, 2.05) is 0 Å². The van der Waals surface area contributed by atoms with Crippen LogP contribution in [0.2, 0.25) is 0 Å². The molecule has 92 valence electrons. The minimum atomic E-state index is -3.70. The van der Waals surface area contributed by atoms with E-state index in [4.69, 9.17) is 4.84 Å². The molecule has 16 heavy (non-hydrogen) atoms. The summed E-state index contributed by atoms with van der Waals surface area (Å²) >= 11 is 0. The third kappa shape index (κ3) is 3.29. The molecular formula is C9H17N3O3S. The smallest absolute Gasteiger partial charge is 0.281 e. The first-order chi connectivity index (χ1) is 7.12. The molecule has 0 bridgehead atoms. The molecule has 7 heteroatoms. The molecule has 0 fully saturated rings. The Balaban J connectivity index is 2.87. The number of aromatic nitrogens is 2. The van der Waals surface area contributed by atoms with Crippen molar-refractivity contribution in [2.24, 2.45) is 7.05 Å². The zero-order chi connectivity index (χ0) is 12.6. The molecule has 0 amide bonds. The van der Waals surface area contributed by atoms with Crippen molar-refractivity contribution in [3.05, 3.63) is 12.0 Å². The van der Waals surface area contributed by atoms with Crippen LogP contribution in [0.15, 0.2) is 11.2 Å². The van der Waals surface area contributed by atoms with E-state index in [1.54, 1.807) is 39.3 Å². The van der Waals surface area contributed by atoms with Crippen molar-refractivity contribution in [1.82, 2.24) is 14.4 Å². The van der Waals surface area contributed by atoms with Crippen LogP contribution in [0.1, 0.15) is 26.6 Å². The monoisotopic (exact) mass is 247 g/mol. The molecule has 0 aliphatic rings. The molecule has 0 radical (unpaired) electrons. The van der Waals surface area contributed by atoms with Crippen LogP contribution in [-0.2, 0) is 21.9 Å². The Morgan fingerprint density at radius 3 is 2.38 bits per heavy atom. The Kier molecular flexibility index (Phi) is 3.41. The number of hydrogen-bond donors (Lipinski definition) is 1. The molecule has 0 unspecified atom stereocenters. The molecule has 1 rings (SSSR count). The second-order valence-corrected chi connectivity index (χ2v) is 6.13. The van der Waals surface area contributed by atoms with Crippen LogP contribution in [0.5, 0.6) is 0 Å². The van der Waals surface area contributed by atoms with Gasteiger partial charge in [0.1, 0.15) is 5.82 Å². The number of rotatable bonds is 3. The Morgan fingerprint density at radius 2 is 2.00 bits per heavy atom. The molecule has 1 aromatic rings. The minimum absolute atomic E-state index is 0.0447. The van der Waals surface area contributed by atoms with E-state index in [-0.39, 0.29) is 5.03 Å². The first-order valence-corrected chi connectivity index (χ1v) is 6.30. The van der Waals surface area contributed by atoms with Crippen molar-refractivity contribution in [1.29, 1.82) is 0 Å². The maximum absolute atomic E-state index is 11.7. The van der Waals surface area contributed by atoms with E-state index < -0.39 is 15.6 Å². The average Bonchev–Trinajstić information content (AvgIpc) is 2.44. The van der Waals surface area contributed by atoms with E-state index in [2.05, 4.69) is 9.87 Å². The standard InChI is InChI=1S/C9H17N3O3S/c1-7-10-8(6-12(7)5)16(13,14)11-15-9(2,3)4/h6,11H,1-5H3. The van der Waals surface area contributed by atoms with Crippen molar-refractivity contribution < 1.29 is 13.3 Å². The molecule has 1 aromatic heterocycles. The van der Waals surface area contributed by atoms with Gasteiger partial charge in [0, 0.05) is 13.2 Å². The van der Waals surface area contributed by atoms with Crippen molar-refractivity contribution in [3.8, 4) is 0 Å². The Morgan fingerprint density at radius 1 is 1.44 bits per heavy atom. The summed E-state index contributed by atoms with van der Waals surface area (Å²) in [4.78, 5) is 11.0. The highest BCUT2D eigenvalue weighted by molar-refractivity contribution is 7.89. The summed E-state index contributed by atoms with van der Waals surface area (Å²) in [6, 6.07) is 0. The SMILES string of the molecule is Cc1nc(S(=O)(=O)NOC(C)(C)C)cn1C. The molecule has 0 aromatic carbocycles. The number of imidazole rings is 1. The Labute approximate surface area is 95.6 Å². The van der Waals surface area contributed by atoms with Gasteiger partial charge in [-0.15, -0.1) is 0 Å². The second kappa shape index (κ2) is 4.15.